The quantitative estimate of drug-likeness (QED) is 0.808. The van der Waals surface area contributed by atoms with Crippen LogP contribution < -0.4 is 15.5 Å². The number of hydrogen-bond acceptors (Lipinski definition) is 3. The average Bonchev–Trinajstić information content (AvgIpc) is 3.03. The molecule has 3 rings (SSSR count). The number of carbonyl (C=O) groups excluding carboxylic acids is 3. The van der Waals surface area contributed by atoms with Gasteiger partial charge in [-0.3, -0.25) is 14.4 Å². The van der Waals surface area contributed by atoms with Crippen molar-refractivity contribution >= 4 is 40.7 Å². The van der Waals surface area contributed by atoms with Crippen molar-refractivity contribution < 1.29 is 14.4 Å². The zero-order valence-corrected chi connectivity index (χ0v) is 16.5. The number of hydrogen-bond donors (Lipinski definition) is 2. The summed E-state index contributed by atoms with van der Waals surface area (Å²) in [5.41, 5.74) is 1.41. The zero-order valence-electron chi connectivity index (χ0n) is 15.7. The van der Waals surface area contributed by atoms with Gasteiger partial charge in [-0.05, 0) is 38.1 Å². The molecule has 7 heteroatoms. The molecule has 6 nitrogen and oxygen atoms in total. The van der Waals surface area contributed by atoms with Gasteiger partial charge < -0.3 is 15.5 Å². The van der Waals surface area contributed by atoms with Gasteiger partial charge in [-0.25, -0.2) is 0 Å². The molecule has 1 heterocycles. The van der Waals surface area contributed by atoms with E-state index in [1.807, 2.05) is 13.8 Å². The first-order valence-corrected chi connectivity index (χ1v) is 9.50. The second kappa shape index (κ2) is 8.44. The van der Waals surface area contributed by atoms with Gasteiger partial charge in [0.1, 0.15) is 0 Å². The molecule has 146 valence electrons. The summed E-state index contributed by atoms with van der Waals surface area (Å²) >= 11 is 6.18. The van der Waals surface area contributed by atoms with Crippen LogP contribution >= 0.6 is 11.6 Å². The SMILES string of the molecule is CC(C)NC(=O)c1ccccc1NC(=O)C1CC(=O)N(c2ccccc2Cl)C1. The van der Waals surface area contributed by atoms with Crippen LogP contribution in [0, 0.1) is 5.92 Å². The lowest BCUT2D eigenvalue weighted by molar-refractivity contribution is -0.122. The van der Waals surface area contributed by atoms with Gasteiger partial charge in [-0.1, -0.05) is 35.9 Å². The monoisotopic (exact) mass is 399 g/mol. The number of rotatable bonds is 5. The van der Waals surface area contributed by atoms with Gasteiger partial charge in [0.25, 0.3) is 5.91 Å². The van der Waals surface area contributed by atoms with E-state index in [0.29, 0.717) is 22.0 Å². The molecule has 2 aromatic carbocycles. The van der Waals surface area contributed by atoms with Gasteiger partial charge in [0, 0.05) is 19.0 Å². The van der Waals surface area contributed by atoms with Gasteiger partial charge in [0.15, 0.2) is 0 Å². The molecule has 0 spiro atoms. The molecule has 1 aliphatic rings. The van der Waals surface area contributed by atoms with Gasteiger partial charge >= 0.3 is 0 Å². The van der Waals surface area contributed by atoms with Crippen molar-refractivity contribution in [3.05, 3.63) is 59.1 Å². The minimum absolute atomic E-state index is 0.0205. The molecule has 0 aromatic heterocycles. The number of nitrogens with zero attached hydrogens (tertiary/aromatic N) is 1. The van der Waals surface area contributed by atoms with E-state index in [9.17, 15) is 14.4 Å². The normalized spacial score (nSPS) is 16.4. The molecule has 1 atom stereocenters. The van der Waals surface area contributed by atoms with Gasteiger partial charge in [0.05, 0.1) is 27.9 Å². The molecule has 0 saturated carbocycles. The summed E-state index contributed by atoms with van der Waals surface area (Å²) in [6, 6.07) is 13.8. The first-order chi connectivity index (χ1) is 13.4. The molecular weight excluding hydrogens is 378 g/mol. The number of halogens is 1. The molecule has 0 bridgehead atoms. The highest BCUT2D eigenvalue weighted by Gasteiger charge is 2.36. The second-order valence-corrected chi connectivity index (χ2v) is 7.43. The summed E-state index contributed by atoms with van der Waals surface area (Å²) in [6.07, 6.45) is 0.0947. The van der Waals surface area contributed by atoms with Crippen molar-refractivity contribution in [3.63, 3.8) is 0 Å². The Hall–Kier alpha value is -2.86. The second-order valence-electron chi connectivity index (χ2n) is 7.02. The third-order valence-corrected chi connectivity index (χ3v) is 4.81. The van der Waals surface area contributed by atoms with E-state index in [4.69, 9.17) is 11.6 Å². The lowest BCUT2D eigenvalue weighted by Gasteiger charge is -2.18. The molecular formula is C21H22ClN3O3. The Bertz CT molecular complexity index is 913. The van der Waals surface area contributed by atoms with Crippen molar-refractivity contribution in [1.29, 1.82) is 0 Å². The number of benzene rings is 2. The molecule has 1 saturated heterocycles. The number of amides is 3. The first kappa shape index (κ1) is 19.9. The molecule has 0 radical (unpaired) electrons. The predicted octanol–water partition coefficient (Wildman–Crippen LogP) is 3.47. The Morgan fingerprint density at radius 2 is 1.79 bits per heavy atom. The van der Waals surface area contributed by atoms with Crippen LogP contribution in [-0.2, 0) is 9.59 Å². The number of nitrogens with one attached hydrogen (secondary N) is 2. The highest BCUT2D eigenvalue weighted by Crippen LogP contribution is 2.31. The lowest BCUT2D eigenvalue weighted by atomic mass is 10.1. The highest BCUT2D eigenvalue weighted by molar-refractivity contribution is 6.34. The molecule has 1 unspecified atom stereocenters. The molecule has 1 fully saturated rings. The Morgan fingerprint density at radius 3 is 2.50 bits per heavy atom. The van der Waals surface area contributed by atoms with Crippen LogP contribution in [0.5, 0.6) is 0 Å². The summed E-state index contributed by atoms with van der Waals surface area (Å²) in [7, 11) is 0. The molecule has 3 amide bonds. The van der Waals surface area contributed by atoms with Crippen molar-refractivity contribution in [2.75, 3.05) is 16.8 Å². The first-order valence-electron chi connectivity index (χ1n) is 9.12. The molecule has 28 heavy (non-hydrogen) atoms. The fraction of sp³-hybridized carbons (Fsp3) is 0.286. The predicted molar refractivity (Wildman–Crippen MR) is 110 cm³/mol. The van der Waals surface area contributed by atoms with E-state index in [2.05, 4.69) is 10.6 Å². The maximum atomic E-state index is 12.8. The number of carbonyl (C=O) groups is 3. The van der Waals surface area contributed by atoms with Crippen LogP contribution in [-0.4, -0.2) is 30.3 Å². The van der Waals surface area contributed by atoms with Crippen molar-refractivity contribution in [3.8, 4) is 0 Å². The third kappa shape index (κ3) is 4.34. The summed E-state index contributed by atoms with van der Waals surface area (Å²) in [5, 5.41) is 6.08. The van der Waals surface area contributed by atoms with E-state index < -0.39 is 5.92 Å². The zero-order chi connectivity index (χ0) is 20.3. The summed E-state index contributed by atoms with van der Waals surface area (Å²) in [6.45, 7) is 3.98. The fourth-order valence-corrected chi connectivity index (χ4v) is 3.39. The van der Waals surface area contributed by atoms with E-state index >= 15 is 0 Å². The van der Waals surface area contributed by atoms with E-state index in [-0.39, 0.29) is 36.7 Å². The van der Waals surface area contributed by atoms with Gasteiger partial charge in [-0.15, -0.1) is 0 Å². The average molecular weight is 400 g/mol. The number of anilines is 2. The van der Waals surface area contributed by atoms with Crippen LogP contribution in [0.25, 0.3) is 0 Å². The smallest absolute Gasteiger partial charge is 0.253 e. The summed E-state index contributed by atoms with van der Waals surface area (Å²) < 4.78 is 0. The summed E-state index contributed by atoms with van der Waals surface area (Å²) in [5.74, 6) is -1.23. The Balaban J connectivity index is 1.74. The molecule has 0 aliphatic carbocycles. The third-order valence-electron chi connectivity index (χ3n) is 4.49. The van der Waals surface area contributed by atoms with Crippen LogP contribution in [0.3, 0.4) is 0 Å². The molecule has 1 aliphatic heterocycles. The Labute approximate surface area is 168 Å². The minimum atomic E-state index is -0.523. The van der Waals surface area contributed by atoms with Crippen LogP contribution in [0.2, 0.25) is 5.02 Å². The van der Waals surface area contributed by atoms with E-state index in [1.54, 1.807) is 48.5 Å². The maximum Gasteiger partial charge on any atom is 0.253 e. The van der Waals surface area contributed by atoms with Crippen molar-refractivity contribution in [2.45, 2.75) is 26.3 Å². The van der Waals surface area contributed by atoms with E-state index in [1.165, 1.54) is 4.90 Å². The van der Waals surface area contributed by atoms with Gasteiger partial charge in [0.2, 0.25) is 11.8 Å². The minimum Gasteiger partial charge on any atom is -0.350 e. The van der Waals surface area contributed by atoms with Crippen LogP contribution in [0.15, 0.2) is 48.5 Å². The largest absolute Gasteiger partial charge is 0.350 e. The summed E-state index contributed by atoms with van der Waals surface area (Å²) in [4.78, 5) is 39.1. The lowest BCUT2D eigenvalue weighted by Crippen LogP contribution is -2.32. The van der Waals surface area contributed by atoms with Crippen LogP contribution in [0.1, 0.15) is 30.6 Å². The van der Waals surface area contributed by atoms with Crippen molar-refractivity contribution in [1.82, 2.24) is 5.32 Å². The number of para-hydroxylation sites is 2. The standard InChI is InChI=1S/C21H22ClN3O3/c1-13(2)23-21(28)15-7-3-5-9-17(15)24-20(27)14-11-19(26)25(12-14)18-10-6-4-8-16(18)22/h3-10,13-14H,11-12H2,1-2H3,(H,23,28)(H,24,27). The Morgan fingerprint density at radius 1 is 1.11 bits per heavy atom. The Kier molecular flexibility index (Phi) is 5.99. The highest BCUT2D eigenvalue weighted by atomic mass is 35.5. The molecule has 2 N–H and O–H groups in total. The van der Waals surface area contributed by atoms with Crippen LogP contribution in [0.4, 0.5) is 11.4 Å². The molecule has 2 aromatic rings. The van der Waals surface area contributed by atoms with Gasteiger partial charge in [-0.2, -0.15) is 0 Å². The topological polar surface area (TPSA) is 78.5 Å². The van der Waals surface area contributed by atoms with Crippen molar-refractivity contribution in [2.24, 2.45) is 5.92 Å². The maximum absolute atomic E-state index is 12.8. The fourth-order valence-electron chi connectivity index (χ4n) is 3.15. The van der Waals surface area contributed by atoms with E-state index in [0.717, 1.165) is 0 Å².